The Morgan fingerprint density at radius 3 is 2.85 bits per heavy atom. The van der Waals surface area contributed by atoms with Gasteiger partial charge in [0.05, 0.1) is 5.39 Å². The van der Waals surface area contributed by atoms with Crippen LogP contribution in [0.1, 0.15) is 5.69 Å². The Labute approximate surface area is 159 Å². The lowest BCUT2D eigenvalue weighted by Crippen LogP contribution is -2.49. The predicted molar refractivity (Wildman–Crippen MR) is 104 cm³/mol. The van der Waals surface area contributed by atoms with Gasteiger partial charge < -0.3 is 15.1 Å². The summed E-state index contributed by atoms with van der Waals surface area (Å²) in [5.41, 5.74) is 0.975. The molecule has 8 nitrogen and oxygen atoms in total. The number of H-pyrrole nitrogens is 1. The lowest BCUT2D eigenvalue weighted by Gasteiger charge is -2.34. The third-order valence-corrected chi connectivity index (χ3v) is 5.33. The van der Waals surface area contributed by atoms with E-state index in [-0.39, 0.29) is 11.8 Å². The first-order valence-corrected chi connectivity index (χ1v) is 9.68. The number of amides is 1. The first-order valence-electron chi connectivity index (χ1n) is 8.27. The number of aryl methyl sites for hydroxylation is 1. The van der Waals surface area contributed by atoms with E-state index < -0.39 is 0 Å². The summed E-state index contributed by atoms with van der Waals surface area (Å²) in [7, 11) is 0. The molecule has 2 N–H and O–H groups in total. The molecule has 1 aliphatic rings. The fourth-order valence-corrected chi connectivity index (χ4v) is 3.85. The van der Waals surface area contributed by atoms with Crippen LogP contribution in [0.15, 0.2) is 17.5 Å². The Hall–Kier alpha value is -2.39. The molecule has 1 fully saturated rings. The van der Waals surface area contributed by atoms with Crippen molar-refractivity contribution < 1.29 is 4.79 Å². The number of aromatic amines is 1. The van der Waals surface area contributed by atoms with Crippen LogP contribution in [0.4, 0.5) is 17.6 Å². The third-order valence-electron chi connectivity index (χ3n) is 4.30. The Morgan fingerprint density at radius 2 is 2.15 bits per heavy atom. The number of anilines is 3. The molecule has 0 bridgehead atoms. The monoisotopic (exact) mass is 391 g/mol. The van der Waals surface area contributed by atoms with Crippen molar-refractivity contribution in [1.29, 1.82) is 0 Å². The third kappa shape index (κ3) is 3.32. The van der Waals surface area contributed by atoms with Crippen LogP contribution in [0.25, 0.3) is 10.2 Å². The zero-order chi connectivity index (χ0) is 18.1. The van der Waals surface area contributed by atoms with Crippen LogP contribution in [-0.4, -0.2) is 63.0 Å². The zero-order valence-electron chi connectivity index (χ0n) is 14.2. The van der Waals surface area contributed by atoms with Gasteiger partial charge in [-0.15, -0.1) is 22.9 Å². The van der Waals surface area contributed by atoms with Crippen LogP contribution in [-0.2, 0) is 4.79 Å². The van der Waals surface area contributed by atoms with E-state index in [4.69, 9.17) is 21.6 Å². The fourth-order valence-electron chi connectivity index (χ4n) is 2.92. The molecular weight excluding hydrogens is 374 g/mol. The van der Waals surface area contributed by atoms with Gasteiger partial charge in [-0.05, 0) is 18.4 Å². The molecule has 4 rings (SSSR count). The molecule has 26 heavy (non-hydrogen) atoms. The average Bonchev–Trinajstić information content (AvgIpc) is 3.30. The van der Waals surface area contributed by atoms with Crippen molar-refractivity contribution in [1.82, 2.24) is 25.1 Å². The quantitative estimate of drug-likeness (QED) is 0.663. The highest BCUT2D eigenvalue weighted by Gasteiger charge is 2.23. The van der Waals surface area contributed by atoms with E-state index >= 15 is 0 Å². The number of nitrogens with one attached hydrogen (secondary N) is 2. The molecule has 0 radical (unpaired) electrons. The number of carbonyl (C=O) groups is 1. The summed E-state index contributed by atoms with van der Waals surface area (Å²) >= 11 is 7.22. The second-order valence-electron chi connectivity index (χ2n) is 6.07. The topological polar surface area (TPSA) is 90.0 Å². The molecule has 0 unspecified atom stereocenters. The molecular formula is C16H18ClN7OS. The minimum Gasteiger partial charge on any atom is -0.338 e. The normalized spacial score (nSPS) is 14.8. The molecule has 10 heteroatoms. The molecule has 0 saturated carbocycles. The number of thiophene rings is 1. The highest BCUT2D eigenvalue weighted by molar-refractivity contribution is 7.16. The number of fused-ring (bicyclic) bond motifs is 1. The Bertz CT molecular complexity index is 932. The largest absolute Gasteiger partial charge is 0.338 e. The summed E-state index contributed by atoms with van der Waals surface area (Å²) in [6.45, 7) is 4.56. The van der Waals surface area contributed by atoms with Crippen molar-refractivity contribution in [2.45, 2.75) is 6.92 Å². The molecule has 3 aromatic heterocycles. The van der Waals surface area contributed by atoms with Crippen LogP contribution in [0.2, 0.25) is 0 Å². The summed E-state index contributed by atoms with van der Waals surface area (Å²) in [4.78, 5) is 25.9. The molecule has 1 aliphatic heterocycles. The maximum absolute atomic E-state index is 11.7. The van der Waals surface area contributed by atoms with E-state index in [2.05, 4.69) is 20.4 Å². The molecule has 1 amide bonds. The molecule has 4 heterocycles. The summed E-state index contributed by atoms with van der Waals surface area (Å²) < 4.78 is 0. The van der Waals surface area contributed by atoms with Gasteiger partial charge in [0, 0.05) is 37.9 Å². The van der Waals surface area contributed by atoms with Crippen molar-refractivity contribution in [2.75, 3.05) is 42.3 Å². The summed E-state index contributed by atoms with van der Waals surface area (Å²) in [6.07, 6.45) is 0. The number of hydrogen-bond donors (Lipinski definition) is 2. The maximum Gasteiger partial charge on any atom is 0.237 e. The van der Waals surface area contributed by atoms with Crippen molar-refractivity contribution in [3.63, 3.8) is 0 Å². The second-order valence-corrected chi connectivity index (χ2v) is 7.24. The Kier molecular flexibility index (Phi) is 4.64. The van der Waals surface area contributed by atoms with Crippen molar-refractivity contribution >= 4 is 56.6 Å². The number of hydrogen-bond acceptors (Lipinski definition) is 7. The highest BCUT2D eigenvalue weighted by atomic mass is 35.5. The van der Waals surface area contributed by atoms with E-state index in [1.165, 1.54) is 0 Å². The number of halogens is 1. The van der Waals surface area contributed by atoms with E-state index in [9.17, 15) is 4.79 Å². The van der Waals surface area contributed by atoms with Gasteiger partial charge in [0.15, 0.2) is 5.82 Å². The number of alkyl halides is 1. The van der Waals surface area contributed by atoms with Gasteiger partial charge in [0.1, 0.15) is 16.5 Å². The van der Waals surface area contributed by atoms with Crippen LogP contribution >= 0.6 is 22.9 Å². The molecule has 0 aliphatic carbocycles. The number of piperazine rings is 1. The van der Waals surface area contributed by atoms with Crippen molar-refractivity contribution in [2.24, 2.45) is 0 Å². The molecule has 0 spiro atoms. The Balaban J connectivity index is 1.59. The summed E-state index contributed by atoms with van der Waals surface area (Å²) in [6, 6.07) is 3.93. The molecule has 0 aromatic carbocycles. The molecule has 3 aromatic rings. The standard InChI is InChI=1S/C16H18ClN7OS/c1-10-8-12(22-21-10)18-14-11-2-7-26-15(11)20-16(19-14)24-5-3-23(4-6-24)13(25)9-17/h2,7-8H,3-6,9H2,1H3,(H2,18,19,20,21,22). The Morgan fingerprint density at radius 1 is 1.35 bits per heavy atom. The predicted octanol–water partition coefficient (Wildman–Crippen LogP) is 2.35. The highest BCUT2D eigenvalue weighted by Crippen LogP contribution is 2.29. The van der Waals surface area contributed by atoms with Gasteiger partial charge in [-0.25, -0.2) is 4.98 Å². The lowest BCUT2D eigenvalue weighted by atomic mass is 10.3. The SMILES string of the molecule is Cc1cc(Nc2nc(N3CCN(C(=O)CCl)CC3)nc3sccc23)n[nH]1. The zero-order valence-corrected chi connectivity index (χ0v) is 15.8. The van der Waals surface area contributed by atoms with Gasteiger partial charge in [0.2, 0.25) is 11.9 Å². The van der Waals surface area contributed by atoms with E-state index in [1.807, 2.05) is 24.4 Å². The van der Waals surface area contributed by atoms with Crippen LogP contribution in [0.5, 0.6) is 0 Å². The minimum atomic E-state index is -0.0304. The number of nitrogens with zero attached hydrogens (tertiary/aromatic N) is 5. The first kappa shape index (κ1) is 17.0. The van der Waals surface area contributed by atoms with E-state index in [1.54, 1.807) is 16.2 Å². The van der Waals surface area contributed by atoms with Crippen LogP contribution in [0.3, 0.4) is 0 Å². The summed E-state index contributed by atoms with van der Waals surface area (Å²) in [5, 5.41) is 13.4. The molecule has 1 saturated heterocycles. The average molecular weight is 392 g/mol. The molecule has 136 valence electrons. The maximum atomic E-state index is 11.7. The lowest BCUT2D eigenvalue weighted by molar-refractivity contribution is -0.128. The van der Waals surface area contributed by atoms with Gasteiger partial charge in [-0.2, -0.15) is 10.1 Å². The van der Waals surface area contributed by atoms with E-state index in [0.717, 1.165) is 27.5 Å². The minimum absolute atomic E-state index is 0.0226. The first-order chi connectivity index (χ1) is 12.6. The van der Waals surface area contributed by atoms with Gasteiger partial charge in [-0.1, -0.05) is 0 Å². The van der Waals surface area contributed by atoms with E-state index in [0.29, 0.717) is 32.1 Å². The van der Waals surface area contributed by atoms with Gasteiger partial charge >= 0.3 is 0 Å². The van der Waals surface area contributed by atoms with Crippen LogP contribution in [0, 0.1) is 6.92 Å². The smallest absolute Gasteiger partial charge is 0.237 e. The molecule has 0 atom stereocenters. The summed E-state index contributed by atoms with van der Waals surface area (Å²) in [5.74, 6) is 2.11. The number of carbonyl (C=O) groups excluding carboxylic acids is 1. The van der Waals surface area contributed by atoms with Crippen molar-refractivity contribution in [3.05, 3.63) is 23.2 Å². The number of aromatic nitrogens is 4. The van der Waals surface area contributed by atoms with Crippen LogP contribution < -0.4 is 10.2 Å². The number of rotatable bonds is 4. The van der Waals surface area contributed by atoms with Gasteiger partial charge in [0.25, 0.3) is 0 Å². The van der Waals surface area contributed by atoms with Crippen molar-refractivity contribution in [3.8, 4) is 0 Å². The second kappa shape index (κ2) is 7.08. The van der Waals surface area contributed by atoms with Gasteiger partial charge in [-0.3, -0.25) is 9.89 Å². The fraction of sp³-hybridized carbons (Fsp3) is 0.375.